The molecule has 1 amide bonds. The van der Waals surface area contributed by atoms with E-state index in [2.05, 4.69) is 0 Å². The standard InChI is InChI=1S/C23H19F2NO3S/c24-16-5-1-14(2-6-16)20(28)13-30-22-21(15-3-11-19(27)12-4-15)26(23(22)29)18-9-7-17(25)8-10-18/h1-12,20-22,27-28H,13H2/t20?,21-,22+/m0/s1. The Hall–Kier alpha value is -2.90. The highest BCUT2D eigenvalue weighted by Gasteiger charge is 2.49. The van der Waals surface area contributed by atoms with Gasteiger partial charge in [0.25, 0.3) is 0 Å². The highest BCUT2D eigenvalue weighted by molar-refractivity contribution is 8.00. The van der Waals surface area contributed by atoms with Crippen LogP contribution in [0.4, 0.5) is 14.5 Å². The zero-order chi connectivity index (χ0) is 21.3. The van der Waals surface area contributed by atoms with E-state index in [1.165, 1.54) is 48.2 Å². The van der Waals surface area contributed by atoms with Crippen molar-refractivity contribution in [3.63, 3.8) is 0 Å². The molecule has 1 fully saturated rings. The number of rotatable bonds is 6. The molecule has 30 heavy (non-hydrogen) atoms. The molecule has 3 atom stereocenters. The number of amides is 1. The Balaban J connectivity index is 1.55. The highest BCUT2D eigenvalue weighted by atomic mass is 32.2. The normalized spacial score (nSPS) is 19.4. The molecule has 0 radical (unpaired) electrons. The van der Waals surface area contributed by atoms with Gasteiger partial charge < -0.3 is 15.1 Å². The average Bonchev–Trinajstić information content (AvgIpc) is 2.74. The predicted molar refractivity (Wildman–Crippen MR) is 112 cm³/mol. The summed E-state index contributed by atoms with van der Waals surface area (Å²) < 4.78 is 26.4. The first-order chi connectivity index (χ1) is 14.4. The van der Waals surface area contributed by atoms with Crippen molar-refractivity contribution in [1.82, 2.24) is 0 Å². The number of nitrogens with zero attached hydrogens (tertiary/aromatic N) is 1. The summed E-state index contributed by atoms with van der Waals surface area (Å²) in [5.74, 6) is -0.533. The van der Waals surface area contributed by atoms with Crippen molar-refractivity contribution < 1.29 is 23.8 Å². The molecule has 1 aliphatic heterocycles. The van der Waals surface area contributed by atoms with Crippen LogP contribution in [0.2, 0.25) is 0 Å². The molecule has 1 saturated heterocycles. The van der Waals surface area contributed by atoms with E-state index in [0.29, 0.717) is 11.3 Å². The molecule has 154 valence electrons. The van der Waals surface area contributed by atoms with Crippen LogP contribution in [0.25, 0.3) is 0 Å². The molecular weight excluding hydrogens is 408 g/mol. The summed E-state index contributed by atoms with van der Waals surface area (Å²) in [5.41, 5.74) is 1.98. The number of benzene rings is 3. The quantitative estimate of drug-likeness (QED) is 0.565. The van der Waals surface area contributed by atoms with E-state index in [1.54, 1.807) is 41.3 Å². The number of aliphatic hydroxyl groups is 1. The van der Waals surface area contributed by atoms with Gasteiger partial charge in [0, 0.05) is 11.4 Å². The maximum Gasteiger partial charge on any atom is 0.243 e. The lowest BCUT2D eigenvalue weighted by atomic mass is 9.92. The van der Waals surface area contributed by atoms with Gasteiger partial charge in [0.1, 0.15) is 22.6 Å². The molecule has 0 spiro atoms. The number of phenols is 1. The van der Waals surface area contributed by atoms with Crippen LogP contribution in [-0.2, 0) is 4.79 Å². The fourth-order valence-electron chi connectivity index (χ4n) is 3.49. The topological polar surface area (TPSA) is 60.8 Å². The van der Waals surface area contributed by atoms with Crippen LogP contribution in [0, 0.1) is 11.6 Å². The Morgan fingerprint density at radius 2 is 1.47 bits per heavy atom. The number of hydrogen-bond acceptors (Lipinski definition) is 4. The van der Waals surface area contributed by atoms with E-state index in [4.69, 9.17) is 0 Å². The molecule has 1 aliphatic rings. The van der Waals surface area contributed by atoms with Crippen LogP contribution in [-0.4, -0.2) is 27.1 Å². The zero-order valence-electron chi connectivity index (χ0n) is 15.8. The smallest absolute Gasteiger partial charge is 0.243 e. The van der Waals surface area contributed by atoms with Gasteiger partial charge >= 0.3 is 0 Å². The lowest BCUT2D eigenvalue weighted by Gasteiger charge is -2.47. The Kier molecular flexibility index (Phi) is 5.74. The first-order valence-corrected chi connectivity index (χ1v) is 10.4. The van der Waals surface area contributed by atoms with Crippen molar-refractivity contribution in [2.75, 3.05) is 10.7 Å². The maximum atomic E-state index is 13.3. The third-order valence-electron chi connectivity index (χ3n) is 5.07. The minimum Gasteiger partial charge on any atom is -0.508 e. The van der Waals surface area contributed by atoms with Crippen LogP contribution in [0.15, 0.2) is 72.8 Å². The molecule has 4 nitrogen and oxygen atoms in total. The third kappa shape index (κ3) is 4.04. The molecule has 2 N–H and O–H groups in total. The summed E-state index contributed by atoms with van der Waals surface area (Å²) in [6.07, 6.45) is -0.844. The predicted octanol–water partition coefficient (Wildman–Crippen LogP) is 4.59. The fraction of sp³-hybridized carbons (Fsp3) is 0.174. The number of aromatic hydroxyl groups is 1. The minimum atomic E-state index is -0.844. The van der Waals surface area contributed by atoms with Gasteiger partial charge in [0.2, 0.25) is 5.91 Å². The van der Waals surface area contributed by atoms with E-state index < -0.39 is 11.4 Å². The number of thioether (sulfide) groups is 1. The number of aliphatic hydroxyl groups excluding tert-OH is 1. The number of carbonyl (C=O) groups is 1. The second kappa shape index (κ2) is 8.45. The van der Waals surface area contributed by atoms with Crippen LogP contribution in [0.3, 0.4) is 0 Å². The van der Waals surface area contributed by atoms with E-state index >= 15 is 0 Å². The second-order valence-corrected chi connectivity index (χ2v) is 8.22. The van der Waals surface area contributed by atoms with Gasteiger partial charge in [-0.25, -0.2) is 8.78 Å². The highest BCUT2D eigenvalue weighted by Crippen LogP contribution is 2.46. The molecule has 0 aromatic heterocycles. The molecule has 0 aliphatic carbocycles. The summed E-state index contributed by atoms with van der Waals surface area (Å²) in [6.45, 7) is 0. The van der Waals surface area contributed by atoms with E-state index in [1.807, 2.05) is 0 Å². The van der Waals surface area contributed by atoms with Gasteiger partial charge in [-0.15, -0.1) is 11.8 Å². The Morgan fingerprint density at radius 1 is 0.900 bits per heavy atom. The van der Waals surface area contributed by atoms with Crippen molar-refractivity contribution in [3.05, 3.63) is 95.6 Å². The van der Waals surface area contributed by atoms with Gasteiger partial charge in [-0.2, -0.15) is 0 Å². The maximum absolute atomic E-state index is 13.3. The third-order valence-corrected chi connectivity index (χ3v) is 6.40. The van der Waals surface area contributed by atoms with Gasteiger partial charge in [0.05, 0.1) is 12.1 Å². The van der Waals surface area contributed by atoms with E-state index in [9.17, 15) is 23.8 Å². The zero-order valence-corrected chi connectivity index (χ0v) is 16.6. The number of phenolic OH excluding ortho intramolecular Hbond substituents is 1. The van der Waals surface area contributed by atoms with E-state index in [-0.39, 0.29) is 35.1 Å². The first-order valence-electron chi connectivity index (χ1n) is 9.37. The molecule has 3 aromatic carbocycles. The van der Waals surface area contributed by atoms with Crippen molar-refractivity contribution in [3.8, 4) is 5.75 Å². The second-order valence-electron chi connectivity index (χ2n) is 7.04. The Morgan fingerprint density at radius 3 is 2.07 bits per heavy atom. The summed E-state index contributed by atoms with van der Waals surface area (Å²) in [6, 6.07) is 17.6. The van der Waals surface area contributed by atoms with Crippen LogP contribution >= 0.6 is 11.8 Å². The van der Waals surface area contributed by atoms with Crippen molar-refractivity contribution in [2.45, 2.75) is 17.4 Å². The first kappa shape index (κ1) is 20.4. The molecule has 0 bridgehead atoms. The molecule has 4 rings (SSSR count). The van der Waals surface area contributed by atoms with E-state index in [0.717, 1.165) is 5.56 Å². The SMILES string of the molecule is O=C1[C@H](SCC(O)c2ccc(F)cc2)[C@H](c2ccc(O)cc2)N1c1ccc(F)cc1. The molecule has 3 aromatic rings. The Bertz CT molecular complexity index is 1030. The van der Waals surface area contributed by atoms with Gasteiger partial charge in [0.15, 0.2) is 0 Å². The number of halogens is 2. The monoisotopic (exact) mass is 427 g/mol. The van der Waals surface area contributed by atoms with Crippen molar-refractivity contribution >= 4 is 23.4 Å². The number of β-lactam (4-membered cyclic amide) rings is 1. The molecule has 0 saturated carbocycles. The summed E-state index contributed by atoms with van der Waals surface area (Å²) in [5, 5.41) is 19.6. The molecule has 1 heterocycles. The Labute approximate surface area is 176 Å². The molecular formula is C23H19F2NO3S. The lowest BCUT2D eigenvalue weighted by Crippen LogP contribution is -2.57. The fourth-order valence-corrected chi connectivity index (χ4v) is 4.79. The number of carbonyl (C=O) groups excluding carboxylic acids is 1. The van der Waals surface area contributed by atoms with Gasteiger partial charge in [-0.1, -0.05) is 24.3 Å². The largest absolute Gasteiger partial charge is 0.508 e. The summed E-state index contributed by atoms with van der Waals surface area (Å²) in [7, 11) is 0. The summed E-state index contributed by atoms with van der Waals surface area (Å²) >= 11 is 1.32. The lowest BCUT2D eigenvalue weighted by molar-refractivity contribution is -0.123. The van der Waals surface area contributed by atoms with Crippen LogP contribution in [0.1, 0.15) is 23.3 Å². The molecule has 1 unspecified atom stereocenters. The van der Waals surface area contributed by atoms with Crippen molar-refractivity contribution in [1.29, 1.82) is 0 Å². The van der Waals surface area contributed by atoms with Gasteiger partial charge in [-0.3, -0.25) is 4.79 Å². The minimum absolute atomic E-state index is 0.119. The van der Waals surface area contributed by atoms with Gasteiger partial charge in [-0.05, 0) is 59.7 Å². The van der Waals surface area contributed by atoms with Crippen LogP contribution < -0.4 is 4.90 Å². The average molecular weight is 427 g/mol. The van der Waals surface area contributed by atoms with Crippen molar-refractivity contribution in [2.24, 2.45) is 0 Å². The molecule has 7 heteroatoms. The number of anilines is 1. The summed E-state index contributed by atoms with van der Waals surface area (Å²) in [4.78, 5) is 14.5. The number of hydrogen-bond donors (Lipinski definition) is 2. The van der Waals surface area contributed by atoms with Crippen LogP contribution in [0.5, 0.6) is 5.75 Å².